The standard InChI is InChI=1S/C16H28O/c1-15(2)6-3-7-16(17,11-15)10-14-9-12-4-5-13(14)8-12/h12-14,17H,3-11H2,1-2H3. The van der Waals surface area contributed by atoms with Crippen LogP contribution >= 0.6 is 0 Å². The maximum absolute atomic E-state index is 10.9. The molecule has 3 rings (SSSR count). The highest BCUT2D eigenvalue weighted by Crippen LogP contribution is 2.53. The van der Waals surface area contributed by atoms with E-state index in [1.54, 1.807) is 0 Å². The Bertz CT molecular complexity index is 296. The third-order valence-electron chi connectivity index (χ3n) is 5.83. The van der Waals surface area contributed by atoms with E-state index >= 15 is 0 Å². The van der Waals surface area contributed by atoms with Crippen molar-refractivity contribution < 1.29 is 5.11 Å². The molecule has 17 heavy (non-hydrogen) atoms. The fourth-order valence-electron chi connectivity index (χ4n) is 5.25. The zero-order valence-electron chi connectivity index (χ0n) is 11.5. The van der Waals surface area contributed by atoms with Crippen molar-refractivity contribution in [2.75, 3.05) is 0 Å². The second-order valence-corrected chi connectivity index (χ2v) is 8.06. The number of fused-ring (bicyclic) bond motifs is 2. The van der Waals surface area contributed by atoms with Gasteiger partial charge in [0.15, 0.2) is 0 Å². The molecule has 0 saturated heterocycles. The van der Waals surface area contributed by atoms with E-state index in [4.69, 9.17) is 0 Å². The Labute approximate surface area is 106 Å². The lowest BCUT2D eigenvalue weighted by Gasteiger charge is -2.43. The molecule has 0 amide bonds. The fourth-order valence-corrected chi connectivity index (χ4v) is 5.25. The van der Waals surface area contributed by atoms with Crippen LogP contribution < -0.4 is 0 Å². The summed E-state index contributed by atoms with van der Waals surface area (Å²) in [5, 5.41) is 10.9. The molecule has 1 nitrogen and oxygen atoms in total. The van der Waals surface area contributed by atoms with E-state index in [2.05, 4.69) is 13.8 Å². The van der Waals surface area contributed by atoms with Crippen molar-refractivity contribution in [1.82, 2.24) is 0 Å². The van der Waals surface area contributed by atoms with Gasteiger partial charge in [-0.15, -0.1) is 0 Å². The molecule has 0 aliphatic heterocycles. The summed E-state index contributed by atoms with van der Waals surface area (Å²) in [6.07, 6.45) is 11.6. The smallest absolute Gasteiger partial charge is 0.0655 e. The summed E-state index contributed by atoms with van der Waals surface area (Å²) < 4.78 is 0. The number of aliphatic hydroxyl groups is 1. The minimum atomic E-state index is -0.323. The molecular formula is C16H28O. The fraction of sp³-hybridized carbons (Fsp3) is 1.00. The van der Waals surface area contributed by atoms with Gasteiger partial charge in [-0.05, 0) is 68.1 Å². The van der Waals surface area contributed by atoms with Crippen molar-refractivity contribution in [1.29, 1.82) is 0 Å². The molecule has 3 saturated carbocycles. The predicted molar refractivity (Wildman–Crippen MR) is 70.8 cm³/mol. The molecule has 2 bridgehead atoms. The molecule has 4 unspecified atom stereocenters. The van der Waals surface area contributed by atoms with Crippen LogP contribution in [-0.4, -0.2) is 10.7 Å². The van der Waals surface area contributed by atoms with E-state index in [0.29, 0.717) is 5.41 Å². The first-order valence-corrected chi connectivity index (χ1v) is 7.68. The van der Waals surface area contributed by atoms with Gasteiger partial charge in [0.05, 0.1) is 5.60 Å². The monoisotopic (exact) mass is 236 g/mol. The maximum atomic E-state index is 10.9. The number of rotatable bonds is 2. The Morgan fingerprint density at radius 1 is 1.12 bits per heavy atom. The normalized spacial score (nSPS) is 48.5. The lowest BCUT2D eigenvalue weighted by Crippen LogP contribution is -2.41. The minimum absolute atomic E-state index is 0.323. The molecule has 0 radical (unpaired) electrons. The van der Waals surface area contributed by atoms with E-state index in [1.807, 2.05) is 0 Å². The van der Waals surface area contributed by atoms with Gasteiger partial charge in [0.25, 0.3) is 0 Å². The molecule has 0 heterocycles. The van der Waals surface area contributed by atoms with Gasteiger partial charge in [0.2, 0.25) is 0 Å². The zero-order chi connectivity index (χ0) is 12.1. The predicted octanol–water partition coefficient (Wildman–Crippen LogP) is 4.14. The average Bonchev–Trinajstić information content (AvgIpc) is 2.75. The van der Waals surface area contributed by atoms with Gasteiger partial charge in [-0.3, -0.25) is 0 Å². The second-order valence-electron chi connectivity index (χ2n) is 8.06. The van der Waals surface area contributed by atoms with Crippen LogP contribution in [0.15, 0.2) is 0 Å². The topological polar surface area (TPSA) is 20.2 Å². The van der Waals surface area contributed by atoms with Gasteiger partial charge in [0, 0.05) is 0 Å². The van der Waals surface area contributed by atoms with Crippen molar-refractivity contribution in [3.63, 3.8) is 0 Å². The van der Waals surface area contributed by atoms with Crippen molar-refractivity contribution in [2.24, 2.45) is 23.2 Å². The van der Waals surface area contributed by atoms with Crippen molar-refractivity contribution in [3.05, 3.63) is 0 Å². The summed E-state index contributed by atoms with van der Waals surface area (Å²) >= 11 is 0. The van der Waals surface area contributed by atoms with E-state index in [9.17, 15) is 5.11 Å². The summed E-state index contributed by atoms with van der Waals surface area (Å²) in [5.41, 5.74) is 0.0432. The molecule has 3 fully saturated rings. The Kier molecular flexibility index (Phi) is 2.81. The molecule has 98 valence electrons. The molecule has 0 aromatic carbocycles. The van der Waals surface area contributed by atoms with Crippen molar-refractivity contribution in [2.45, 2.75) is 77.2 Å². The molecule has 3 aliphatic rings. The highest BCUT2D eigenvalue weighted by atomic mass is 16.3. The van der Waals surface area contributed by atoms with Crippen LogP contribution in [0.2, 0.25) is 0 Å². The quantitative estimate of drug-likeness (QED) is 0.764. The molecule has 3 aliphatic carbocycles. The van der Waals surface area contributed by atoms with Gasteiger partial charge >= 0.3 is 0 Å². The van der Waals surface area contributed by atoms with Crippen LogP contribution in [-0.2, 0) is 0 Å². The Morgan fingerprint density at radius 3 is 2.53 bits per heavy atom. The molecule has 0 aromatic rings. The summed E-state index contributed by atoms with van der Waals surface area (Å²) in [4.78, 5) is 0. The molecule has 0 spiro atoms. The summed E-state index contributed by atoms with van der Waals surface area (Å²) in [6.45, 7) is 4.66. The van der Waals surface area contributed by atoms with E-state index in [0.717, 1.165) is 37.0 Å². The number of hydrogen-bond donors (Lipinski definition) is 1. The highest BCUT2D eigenvalue weighted by Gasteiger charge is 2.45. The zero-order valence-corrected chi connectivity index (χ0v) is 11.5. The molecule has 4 atom stereocenters. The van der Waals surface area contributed by atoms with Gasteiger partial charge in [0.1, 0.15) is 0 Å². The van der Waals surface area contributed by atoms with E-state index in [-0.39, 0.29) is 5.60 Å². The van der Waals surface area contributed by atoms with Gasteiger partial charge in [-0.1, -0.05) is 26.7 Å². The lowest BCUT2D eigenvalue weighted by molar-refractivity contribution is -0.0605. The van der Waals surface area contributed by atoms with Gasteiger partial charge in [-0.2, -0.15) is 0 Å². The Hall–Kier alpha value is -0.0400. The van der Waals surface area contributed by atoms with Crippen LogP contribution in [0.5, 0.6) is 0 Å². The minimum Gasteiger partial charge on any atom is -0.390 e. The van der Waals surface area contributed by atoms with E-state index in [1.165, 1.54) is 38.5 Å². The first-order chi connectivity index (χ1) is 7.96. The Morgan fingerprint density at radius 2 is 1.94 bits per heavy atom. The first-order valence-electron chi connectivity index (χ1n) is 7.68. The molecule has 1 heteroatoms. The largest absolute Gasteiger partial charge is 0.390 e. The molecule has 1 N–H and O–H groups in total. The average molecular weight is 236 g/mol. The van der Waals surface area contributed by atoms with Gasteiger partial charge < -0.3 is 5.11 Å². The molecular weight excluding hydrogens is 208 g/mol. The summed E-state index contributed by atoms with van der Waals surface area (Å²) in [6, 6.07) is 0. The van der Waals surface area contributed by atoms with Crippen molar-refractivity contribution in [3.8, 4) is 0 Å². The van der Waals surface area contributed by atoms with Crippen LogP contribution in [0.3, 0.4) is 0 Å². The number of hydrogen-bond acceptors (Lipinski definition) is 1. The van der Waals surface area contributed by atoms with Gasteiger partial charge in [-0.25, -0.2) is 0 Å². The SMILES string of the molecule is CC1(C)CCCC(O)(CC2CC3CCC2C3)C1. The van der Waals surface area contributed by atoms with Crippen LogP contribution in [0, 0.1) is 23.2 Å². The first kappa shape index (κ1) is 12.0. The summed E-state index contributed by atoms with van der Waals surface area (Å²) in [7, 11) is 0. The van der Waals surface area contributed by atoms with Crippen LogP contribution in [0.4, 0.5) is 0 Å². The highest BCUT2D eigenvalue weighted by molar-refractivity contribution is 4.97. The van der Waals surface area contributed by atoms with E-state index < -0.39 is 0 Å². The maximum Gasteiger partial charge on any atom is 0.0655 e. The van der Waals surface area contributed by atoms with Crippen LogP contribution in [0.25, 0.3) is 0 Å². The van der Waals surface area contributed by atoms with Crippen molar-refractivity contribution >= 4 is 0 Å². The second kappa shape index (κ2) is 3.98. The third-order valence-corrected chi connectivity index (χ3v) is 5.83. The van der Waals surface area contributed by atoms with Crippen LogP contribution in [0.1, 0.15) is 71.6 Å². The third kappa shape index (κ3) is 2.41. The summed E-state index contributed by atoms with van der Waals surface area (Å²) in [5.74, 6) is 2.84. The lowest BCUT2D eigenvalue weighted by atomic mass is 9.66. The Balaban J connectivity index is 1.64. The molecule has 0 aromatic heterocycles.